The molecule has 0 aromatic rings. The van der Waals surface area contributed by atoms with Crippen LogP contribution in [-0.4, -0.2) is 16.8 Å². The SMILES string of the molecule is C=CC(OO)OO. The zero-order valence-electron chi connectivity index (χ0n) is 3.57. The predicted molar refractivity (Wildman–Crippen MR) is 21.4 cm³/mol. The van der Waals surface area contributed by atoms with Crippen LogP contribution in [0.3, 0.4) is 0 Å². The lowest BCUT2D eigenvalue weighted by Gasteiger charge is -1.99. The topological polar surface area (TPSA) is 58.9 Å². The Labute approximate surface area is 40.5 Å². The van der Waals surface area contributed by atoms with Crippen molar-refractivity contribution in [2.75, 3.05) is 0 Å². The van der Waals surface area contributed by atoms with Crippen LogP contribution in [0.2, 0.25) is 0 Å². The van der Waals surface area contributed by atoms with Crippen LogP contribution < -0.4 is 0 Å². The summed E-state index contributed by atoms with van der Waals surface area (Å²) in [7, 11) is 0. The Hall–Kier alpha value is -0.420. The van der Waals surface area contributed by atoms with Crippen LogP contribution in [0, 0.1) is 0 Å². The van der Waals surface area contributed by atoms with Crippen LogP contribution in [0.15, 0.2) is 12.7 Å². The van der Waals surface area contributed by atoms with Crippen molar-refractivity contribution >= 4 is 0 Å². The standard InChI is InChI=1S/C3H6O4/c1-2-3(6-4)7-5/h2-5H,1H2. The van der Waals surface area contributed by atoms with Crippen molar-refractivity contribution in [3.63, 3.8) is 0 Å². The molecule has 0 saturated carbocycles. The number of hydrogen-bond acceptors (Lipinski definition) is 4. The first-order chi connectivity index (χ1) is 3.35. The predicted octanol–water partition coefficient (Wildman–Crippen LogP) is 0.478. The van der Waals surface area contributed by atoms with Crippen LogP contribution in [0.25, 0.3) is 0 Å². The second kappa shape index (κ2) is 3.76. The highest BCUT2D eigenvalue weighted by atomic mass is 17.2. The van der Waals surface area contributed by atoms with Crippen LogP contribution in [0.1, 0.15) is 0 Å². The summed E-state index contributed by atoms with van der Waals surface area (Å²) in [5.41, 5.74) is 0. The van der Waals surface area contributed by atoms with Gasteiger partial charge in [-0.3, -0.25) is 0 Å². The summed E-state index contributed by atoms with van der Waals surface area (Å²) in [5.74, 6) is 0. The first-order valence-corrected chi connectivity index (χ1v) is 1.58. The lowest BCUT2D eigenvalue weighted by Crippen LogP contribution is -2.08. The van der Waals surface area contributed by atoms with Gasteiger partial charge < -0.3 is 0 Å². The summed E-state index contributed by atoms with van der Waals surface area (Å²) in [6.45, 7) is 3.13. The Morgan fingerprint density at radius 2 is 1.86 bits per heavy atom. The molecule has 0 amide bonds. The average molecular weight is 106 g/mol. The fourth-order valence-corrected chi connectivity index (χ4v) is 0.105. The van der Waals surface area contributed by atoms with Gasteiger partial charge in [0.25, 0.3) is 0 Å². The summed E-state index contributed by atoms with van der Waals surface area (Å²) < 4.78 is 0. The number of hydrogen-bond donors (Lipinski definition) is 2. The van der Waals surface area contributed by atoms with Gasteiger partial charge in [0, 0.05) is 0 Å². The van der Waals surface area contributed by atoms with Crippen molar-refractivity contribution in [3.8, 4) is 0 Å². The molecule has 0 rings (SSSR count). The van der Waals surface area contributed by atoms with E-state index < -0.39 is 6.29 Å². The van der Waals surface area contributed by atoms with E-state index in [-0.39, 0.29) is 0 Å². The van der Waals surface area contributed by atoms with Gasteiger partial charge in [-0.2, -0.15) is 9.78 Å². The summed E-state index contributed by atoms with van der Waals surface area (Å²) >= 11 is 0. The zero-order chi connectivity index (χ0) is 5.70. The van der Waals surface area contributed by atoms with Gasteiger partial charge in [0.1, 0.15) is 0 Å². The summed E-state index contributed by atoms with van der Waals surface area (Å²) in [4.78, 5) is 6.92. The minimum atomic E-state index is -1.14. The van der Waals surface area contributed by atoms with Gasteiger partial charge in [0.2, 0.25) is 6.29 Å². The number of rotatable bonds is 3. The molecule has 0 heterocycles. The highest BCUT2D eigenvalue weighted by Gasteiger charge is 1.97. The van der Waals surface area contributed by atoms with E-state index in [4.69, 9.17) is 10.5 Å². The lowest BCUT2D eigenvalue weighted by atomic mass is 10.6. The van der Waals surface area contributed by atoms with E-state index in [2.05, 4.69) is 16.4 Å². The van der Waals surface area contributed by atoms with Crippen molar-refractivity contribution in [1.29, 1.82) is 0 Å². The largest absolute Gasteiger partial charge is 0.249 e. The maximum atomic E-state index is 7.67. The molecule has 7 heavy (non-hydrogen) atoms. The summed E-state index contributed by atoms with van der Waals surface area (Å²) in [6.07, 6.45) is -0.0556. The third-order valence-electron chi connectivity index (χ3n) is 0.400. The molecule has 0 aliphatic rings. The molecule has 0 aliphatic heterocycles. The van der Waals surface area contributed by atoms with Crippen LogP contribution in [-0.2, 0) is 9.78 Å². The fourth-order valence-electron chi connectivity index (χ4n) is 0.105. The average Bonchev–Trinajstić information content (AvgIpc) is 1.72. The summed E-state index contributed by atoms with van der Waals surface area (Å²) in [5, 5.41) is 15.3. The Morgan fingerprint density at radius 1 is 1.43 bits per heavy atom. The van der Waals surface area contributed by atoms with Crippen molar-refractivity contribution in [2.24, 2.45) is 0 Å². The van der Waals surface area contributed by atoms with Gasteiger partial charge in [-0.25, -0.2) is 10.5 Å². The minimum absolute atomic E-state index is 1.08. The molecule has 4 nitrogen and oxygen atoms in total. The molecule has 0 bridgehead atoms. The molecule has 0 aromatic heterocycles. The monoisotopic (exact) mass is 106 g/mol. The van der Waals surface area contributed by atoms with E-state index in [1.165, 1.54) is 0 Å². The highest BCUT2D eigenvalue weighted by molar-refractivity contribution is 4.68. The molecule has 0 saturated heterocycles. The molecule has 2 N–H and O–H groups in total. The molecule has 0 atom stereocenters. The Balaban J connectivity index is 3.16. The molecule has 42 valence electrons. The van der Waals surface area contributed by atoms with Crippen LogP contribution in [0.4, 0.5) is 0 Å². The quantitative estimate of drug-likeness (QED) is 0.238. The Bertz CT molecular complexity index is 48.9. The van der Waals surface area contributed by atoms with Crippen LogP contribution >= 0.6 is 0 Å². The second-order valence-corrected chi connectivity index (χ2v) is 0.815. The van der Waals surface area contributed by atoms with E-state index in [1.54, 1.807) is 0 Å². The molecule has 0 aromatic carbocycles. The minimum Gasteiger partial charge on any atom is -0.249 e. The molecule has 4 heteroatoms. The van der Waals surface area contributed by atoms with Gasteiger partial charge in [-0.05, 0) is 6.08 Å². The smallest absolute Gasteiger partial charge is 0.241 e. The van der Waals surface area contributed by atoms with Gasteiger partial charge in [0.15, 0.2) is 0 Å². The second-order valence-electron chi connectivity index (χ2n) is 0.815. The van der Waals surface area contributed by atoms with Crippen molar-refractivity contribution < 1.29 is 20.3 Å². The zero-order valence-corrected chi connectivity index (χ0v) is 3.57. The third-order valence-corrected chi connectivity index (χ3v) is 0.400. The van der Waals surface area contributed by atoms with Crippen LogP contribution in [0.5, 0.6) is 0 Å². The Morgan fingerprint density at radius 3 is 1.86 bits per heavy atom. The van der Waals surface area contributed by atoms with Gasteiger partial charge in [-0.15, -0.1) is 0 Å². The maximum absolute atomic E-state index is 7.67. The molecule has 0 spiro atoms. The molecular formula is C3H6O4. The first-order valence-electron chi connectivity index (χ1n) is 1.58. The first kappa shape index (κ1) is 6.58. The highest BCUT2D eigenvalue weighted by Crippen LogP contribution is 1.87. The van der Waals surface area contributed by atoms with Crippen molar-refractivity contribution in [1.82, 2.24) is 0 Å². The van der Waals surface area contributed by atoms with E-state index in [9.17, 15) is 0 Å². The summed E-state index contributed by atoms with van der Waals surface area (Å²) in [6, 6.07) is 0. The molecular weight excluding hydrogens is 100 g/mol. The normalized spacial score (nSPS) is 9.57. The molecule has 0 fully saturated rings. The van der Waals surface area contributed by atoms with Gasteiger partial charge >= 0.3 is 0 Å². The van der Waals surface area contributed by atoms with Gasteiger partial charge in [0.05, 0.1) is 0 Å². The van der Waals surface area contributed by atoms with E-state index in [0.29, 0.717) is 0 Å². The van der Waals surface area contributed by atoms with Crippen molar-refractivity contribution in [2.45, 2.75) is 6.29 Å². The Kier molecular flexibility index (Phi) is 3.53. The third kappa shape index (κ3) is 2.30. The van der Waals surface area contributed by atoms with E-state index in [0.717, 1.165) is 6.08 Å². The van der Waals surface area contributed by atoms with Crippen molar-refractivity contribution in [3.05, 3.63) is 12.7 Å². The lowest BCUT2D eigenvalue weighted by molar-refractivity contribution is -0.415. The molecule has 0 aliphatic carbocycles. The van der Waals surface area contributed by atoms with Gasteiger partial charge in [-0.1, -0.05) is 6.58 Å². The van der Waals surface area contributed by atoms with E-state index in [1.807, 2.05) is 0 Å². The fraction of sp³-hybridized carbons (Fsp3) is 0.333. The molecule has 0 unspecified atom stereocenters. The maximum Gasteiger partial charge on any atom is 0.241 e. The molecule has 0 radical (unpaired) electrons. The van der Waals surface area contributed by atoms with E-state index >= 15 is 0 Å².